The largest absolute Gasteiger partial charge is 0.465 e. The molecular weight excluding hydrogens is 388 g/mol. The van der Waals surface area contributed by atoms with Crippen molar-refractivity contribution in [3.63, 3.8) is 0 Å². The zero-order valence-corrected chi connectivity index (χ0v) is 16.7. The van der Waals surface area contributed by atoms with E-state index in [1.54, 1.807) is 16.2 Å². The Morgan fingerprint density at radius 1 is 1.22 bits per heavy atom. The van der Waals surface area contributed by atoms with E-state index in [9.17, 15) is 18.0 Å². The lowest BCUT2D eigenvalue weighted by molar-refractivity contribution is -0.130. The van der Waals surface area contributed by atoms with Gasteiger partial charge in [-0.25, -0.2) is 13.2 Å². The van der Waals surface area contributed by atoms with Crippen LogP contribution in [-0.4, -0.2) is 51.6 Å². The first-order valence-corrected chi connectivity index (χ1v) is 11.0. The minimum absolute atomic E-state index is 0.255. The molecule has 2 heterocycles. The fourth-order valence-corrected chi connectivity index (χ4v) is 4.71. The summed E-state index contributed by atoms with van der Waals surface area (Å²) in [6.45, 7) is 0.789. The second-order valence-corrected chi connectivity index (χ2v) is 9.15. The predicted octanol–water partition coefficient (Wildman–Crippen LogP) is 1.89. The zero-order valence-electron chi connectivity index (χ0n) is 15.0. The van der Waals surface area contributed by atoms with E-state index in [0.717, 1.165) is 22.5 Å². The molecule has 2 aromatic rings. The van der Waals surface area contributed by atoms with Gasteiger partial charge in [-0.2, -0.15) is 0 Å². The first-order valence-electron chi connectivity index (χ1n) is 8.28. The van der Waals surface area contributed by atoms with Crippen molar-refractivity contribution in [2.45, 2.75) is 13.0 Å². The van der Waals surface area contributed by atoms with Crippen LogP contribution in [0, 0.1) is 0 Å². The Labute approximate surface area is 162 Å². The fraction of sp³-hybridized carbons (Fsp3) is 0.333. The number of ether oxygens (including phenoxy) is 1. The van der Waals surface area contributed by atoms with Gasteiger partial charge >= 0.3 is 5.97 Å². The van der Waals surface area contributed by atoms with Gasteiger partial charge in [0.15, 0.2) is 0 Å². The molecule has 1 amide bonds. The first kappa shape index (κ1) is 19.4. The highest BCUT2D eigenvalue weighted by Gasteiger charge is 2.27. The van der Waals surface area contributed by atoms with Crippen molar-refractivity contribution in [1.82, 2.24) is 4.90 Å². The van der Waals surface area contributed by atoms with Crippen LogP contribution in [0.25, 0.3) is 0 Å². The number of methoxy groups -OCH3 is 1. The van der Waals surface area contributed by atoms with Crippen LogP contribution < -0.4 is 4.31 Å². The van der Waals surface area contributed by atoms with Crippen molar-refractivity contribution >= 4 is 38.9 Å². The molecule has 1 aromatic carbocycles. The molecule has 144 valence electrons. The quantitative estimate of drug-likeness (QED) is 0.706. The summed E-state index contributed by atoms with van der Waals surface area (Å²) in [7, 11) is -2.40. The first-order chi connectivity index (χ1) is 12.8. The zero-order chi connectivity index (χ0) is 19.6. The van der Waals surface area contributed by atoms with Gasteiger partial charge in [-0.05, 0) is 47.7 Å². The minimum Gasteiger partial charge on any atom is -0.465 e. The monoisotopic (exact) mass is 408 g/mol. The van der Waals surface area contributed by atoms with Gasteiger partial charge < -0.3 is 9.64 Å². The van der Waals surface area contributed by atoms with E-state index in [4.69, 9.17) is 0 Å². The Hall–Kier alpha value is -2.39. The molecule has 0 atom stereocenters. The summed E-state index contributed by atoms with van der Waals surface area (Å²) in [5.74, 6) is -0.766. The molecule has 3 rings (SSSR count). The number of hydrogen-bond donors (Lipinski definition) is 0. The summed E-state index contributed by atoms with van der Waals surface area (Å²) in [6, 6.07) is 7.94. The van der Waals surface area contributed by atoms with E-state index >= 15 is 0 Å². The molecule has 0 fully saturated rings. The fourth-order valence-electron chi connectivity index (χ4n) is 2.97. The third-order valence-corrected chi connectivity index (χ3v) is 6.58. The number of thiophene rings is 1. The number of hydrogen-bond acceptors (Lipinski definition) is 6. The van der Waals surface area contributed by atoms with E-state index in [1.807, 2.05) is 11.4 Å². The van der Waals surface area contributed by atoms with Crippen LogP contribution in [0.3, 0.4) is 0 Å². The Morgan fingerprint density at radius 3 is 2.56 bits per heavy atom. The molecule has 0 saturated carbocycles. The number of esters is 1. The third kappa shape index (κ3) is 4.30. The Morgan fingerprint density at radius 2 is 1.93 bits per heavy atom. The average molecular weight is 409 g/mol. The lowest BCUT2D eigenvalue weighted by atomic mass is 10.1. The van der Waals surface area contributed by atoms with E-state index in [2.05, 4.69) is 4.74 Å². The maximum atomic E-state index is 12.7. The van der Waals surface area contributed by atoms with Crippen molar-refractivity contribution < 1.29 is 22.7 Å². The molecule has 0 N–H and O–H groups in total. The van der Waals surface area contributed by atoms with Crippen molar-refractivity contribution in [2.75, 3.05) is 30.8 Å². The average Bonchev–Trinajstić information content (AvgIpc) is 3.12. The predicted molar refractivity (Wildman–Crippen MR) is 103 cm³/mol. The molecule has 1 aliphatic heterocycles. The summed E-state index contributed by atoms with van der Waals surface area (Å²) < 4.78 is 30.2. The number of anilines is 1. The highest BCUT2D eigenvalue weighted by atomic mass is 32.2. The van der Waals surface area contributed by atoms with E-state index in [0.29, 0.717) is 24.3 Å². The summed E-state index contributed by atoms with van der Waals surface area (Å²) in [5, 5.41) is 2.00. The Kier molecular flexibility index (Phi) is 5.52. The van der Waals surface area contributed by atoms with E-state index in [1.165, 1.54) is 36.3 Å². The molecule has 7 nitrogen and oxygen atoms in total. The maximum Gasteiger partial charge on any atom is 0.337 e. The number of carbonyl (C=O) groups excluding carboxylic acids is 2. The van der Waals surface area contributed by atoms with Gasteiger partial charge in [-0.15, -0.1) is 11.3 Å². The number of rotatable bonds is 5. The summed E-state index contributed by atoms with van der Waals surface area (Å²) in [5.41, 5.74) is 1.75. The number of nitrogens with zero attached hydrogens (tertiary/aromatic N) is 2. The number of fused-ring (bicyclic) bond motifs is 1. The van der Waals surface area contributed by atoms with Gasteiger partial charge in [0.05, 0.1) is 24.6 Å². The number of sulfonamides is 1. The second kappa shape index (κ2) is 7.69. The van der Waals surface area contributed by atoms with Crippen LogP contribution in [0.4, 0.5) is 5.69 Å². The SMILES string of the molecule is COC(=O)c1ccc(N(CC(=O)N2CCc3sccc3C2)S(C)(=O)=O)cc1. The van der Waals surface area contributed by atoms with Crippen molar-refractivity contribution in [3.05, 3.63) is 51.7 Å². The molecule has 27 heavy (non-hydrogen) atoms. The summed E-state index contributed by atoms with van der Waals surface area (Å²) >= 11 is 1.68. The standard InChI is InChI=1S/C18H20N2O5S2/c1-25-18(22)13-3-5-15(6-4-13)20(27(2,23)24)12-17(21)19-9-7-16-14(11-19)8-10-26-16/h3-6,8,10H,7,9,11-12H2,1-2H3. The van der Waals surface area contributed by atoms with Crippen LogP contribution in [0.1, 0.15) is 20.8 Å². The van der Waals surface area contributed by atoms with Crippen LogP contribution in [0.2, 0.25) is 0 Å². The van der Waals surface area contributed by atoms with Crippen LogP contribution >= 0.6 is 11.3 Å². The highest BCUT2D eigenvalue weighted by Crippen LogP contribution is 2.25. The molecule has 0 bridgehead atoms. The van der Waals surface area contributed by atoms with Crippen LogP contribution in [0.15, 0.2) is 35.7 Å². The lowest BCUT2D eigenvalue weighted by Crippen LogP contribution is -2.44. The molecule has 0 saturated heterocycles. The summed E-state index contributed by atoms with van der Waals surface area (Å²) in [6.07, 6.45) is 1.84. The van der Waals surface area contributed by atoms with Gasteiger partial charge in [-0.1, -0.05) is 0 Å². The molecule has 0 unspecified atom stereocenters. The maximum absolute atomic E-state index is 12.7. The smallest absolute Gasteiger partial charge is 0.337 e. The summed E-state index contributed by atoms with van der Waals surface area (Å²) in [4.78, 5) is 27.2. The van der Waals surface area contributed by atoms with Gasteiger partial charge in [0, 0.05) is 18.0 Å². The molecule has 1 aromatic heterocycles. The highest BCUT2D eigenvalue weighted by molar-refractivity contribution is 7.92. The van der Waals surface area contributed by atoms with Crippen molar-refractivity contribution in [3.8, 4) is 0 Å². The third-order valence-electron chi connectivity index (χ3n) is 4.42. The van der Waals surface area contributed by atoms with Crippen molar-refractivity contribution in [1.29, 1.82) is 0 Å². The molecule has 1 aliphatic rings. The number of carbonyl (C=O) groups is 2. The van der Waals surface area contributed by atoms with Gasteiger partial charge in [0.2, 0.25) is 15.9 Å². The van der Waals surface area contributed by atoms with E-state index < -0.39 is 16.0 Å². The molecule has 9 heteroatoms. The lowest BCUT2D eigenvalue weighted by Gasteiger charge is -2.30. The molecule has 0 aliphatic carbocycles. The molecule has 0 radical (unpaired) electrons. The van der Waals surface area contributed by atoms with Gasteiger partial charge in [0.1, 0.15) is 6.54 Å². The van der Waals surface area contributed by atoms with Gasteiger partial charge in [-0.3, -0.25) is 9.10 Å². The van der Waals surface area contributed by atoms with Crippen LogP contribution in [-0.2, 0) is 32.5 Å². The number of amides is 1. The Balaban J connectivity index is 1.78. The Bertz CT molecular complexity index is 950. The van der Waals surface area contributed by atoms with Crippen molar-refractivity contribution in [2.24, 2.45) is 0 Å². The van der Waals surface area contributed by atoms with E-state index in [-0.39, 0.29) is 12.5 Å². The second-order valence-electron chi connectivity index (χ2n) is 6.24. The molecular formula is C18H20N2O5S2. The number of benzene rings is 1. The topological polar surface area (TPSA) is 84.0 Å². The van der Waals surface area contributed by atoms with Crippen LogP contribution in [0.5, 0.6) is 0 Å². The van der Waals surface area contributed by atoms with Gasteiger partial charge in [0.25, 0.3) is 0 Å². The normalized spacial score (nSPS) is 13.8. The molecule has 0 spiro atoms. The minimum atomic E-state index is -3.67.